The van der Waals surface area contributed by atoms with Crippen LogP contribution in [0.15, 0.2) is 24.3 Å². The first kappa shape index (κ1) is 22.1. The van der Waals surface area contributed by atoms with E-state index in [4.69, 9.17) is 9.47 Å². The van der Waals surface area contributed by atoms with Gasteiger partial charge in [-0.25, -0.2) is 0 Å². The maximum atomic E-state index is 12.4. The molecule has 1 aromatic carbocycles. The minimum Gasteiger partial charge on any atom is -0.462 e. The summed E-state index contributed by atoms with van der Waals surface area (Å²) < 4.78 is 10.1. The molecule has 1 aliphatic heterocycles. The highest BCUT2D eigenvalue weighted by Crippen LogP contribution is 2.44. The Bertz CT molecular complexity index is 686. The fourth-order valence-electron chi connectivity index (χ4n) is 3.46. The van der Waals surface area contributed by atoms with Crippen molar-refractivity contribution in [3.05, 3.63) is 35.4 Å². The topological polar surface area (TPSA) is 75.7 Å². The second-order valence-corrected chi connectivity index (χ2v) is 9.37. The third-order valence-electron chi connectivity index (χ3n) is 5.06. The smallest absolute Gasteiger partial charge is 0.323 e. The van der Waals surface area contributed by atoms with Crippen molar-refractivity contribution < 1.29 is 24.3 Å². The summed E-state index contributed by atoms with van der Waals surface area (Å²) in [7, 11) is 0. The van der Waals surface area contributed by atoms with Crippen LogP contribution in [0.5, 0.6) is 0 Å². The Hall–Kier alpha value is -1.19. The van der Waals surface area contributed by atoms with Crippen molar-refractivity contribution in [3.63, 3.8) is 0 Å². The molecule has 1 heterocycles. The molecule has 0 N–H and O–H groups in total. The Kier molecular flexibility index (Phi) is 6.91. The molecule has 0 aromatic heterocycles. The number of esters is 2. The van der Waals surface area contributed by atoms with Gasteiger partial charge in [0.1, 0.15) is 17.1 Å². The number of hydrogen-bond donors (Lipinski definition) is 0. The van der Waals surface area contributed by atoms with E-state index in [9.17, 15) is 14.8 Å². The molecule has 2 rings (SSSR count). The fourth-order valence-corrected chi connectivity index (χ4v) is 4.05. The molecule has 1 radical (unpaired) electrons. The molecule has 7 heteroatoms. The van der Waals surface area contributed by atoms with Crippen molar-refractivity contribution in [1.29, 1.82) is 0 Å². The Labute approximate surface area is 174 Å². The van der Waals surface area contributed by atoms with Gasteiger partial charge < -0.3 is 9.47 Å². The van der Waals surface area contributed by atoms with E-state index in [1.165, 1.54) is 0 Å². The van der Waals surface area contributed by atoms with Gasteiger partial charge in [-0.15, -0.1) is 10.3 Å². The van der Waals surface area contributed by atoms with Gasteiger partial charge in [-0.2, -0.15) is 0 Å². The van der Waals surface area contributed by atoms with E-state index in [1.54, 1.807) is 13.8 Å². The Balaban J connectivity index is 1.80. The zero-order chi connectivity index (χ0) is 20.4. The summed E-state index contributed by atoms with van der Waals surface area (Å²) in [5.41, 5.74) is 0.559. The average Bonchev–Trinajstić information content (AvgIpc) is 2.78. The predicted octanol–water partition coefficient (Wildman–Crippen LogP) is 3.78. The number of carbonyl (C=O) groups excluding carboxylic acids is 2. The van der Waals surface area contributed by atoms with Gasteiger partial charge in [0, 0.05) is 5.54 Å². The van der Waals surface area contributed by atoms with Gasteiger partial charge in [-0.1, -0.05) is 52.4 Å². The number of halogens is 1. The number of hydrogen-bond acceptors (Lipinski definition) is 5. The van der Waals surface area contributed by atoms with Gasteiger partial charge in [0.25, 0.3) is 0 Å². The third kappa shape index (κ3) is 5.00. The van der Waals surface area contributed by atoms with Gasteiger partial charge >= 0.3 is 11.9 Å². The predicted molar refractivity (Wildman–Crippen MR) is 109 cm³/mol. The highest BCUT2D eigenvalue weighted by molar-refractivity contribution is 14.1. The first-order chi connectivity index (χ1) is 12.5. The lowest BCUT2D eigenvalue weighted by Crippen LogP contribution is -2.47. The summed E-state index contributed by atoms with van der Waals surface area (Å²) in [6, 6.07) is 7.68. The first-order valence-corrected chi connectivity index (χ1v) is 10.2. The average molecular weight is 488 g/mol. The lowest BCUT2D eigenvalue weighted by molar-refractivity contribution is -0.248. The molecule has 0 spiro atoms. The SMILES string of the molecule is Cc1ccc(C(I)C(=O)OCCOC(=O)C2CC(C)(C)N([O])C2(C)C)cc1. The number of alkyl halides is 1. The minimum absolute atomic E-state index is 0.00638. The van der Waals surface area contributed by atoms with Crippen LogP contribution in [0.2, 0.25) is 0 Å². The molecule has 149 valence electrons. The molecule has 1 saturated heterocycles. The molecule has 27 heavy (non-hydrogen) atoms. The highest BCUT2D eigenvalue weighted by atomic mass is 127. The summed E-state index contributed by atoms with van der Waals surface area (Å²) in [6.07, 6.45) is 0.436. The molecule has 1 fully saturated rings. The van der Waals surface area contributed by atoms with Gasteiger partial charge in [-0.05, 0) is 46.6 Å². The molecule has 1 aromatic rings. The second-order valence-electron chi connectivity index (χ2n) is 8.13. The molecule has 0 aliphatic carbocycles. The molecular weight excluding hydrogens is 461 g/mol. The zero-order valence-corrected chi connectivity index (χ0v) is 18.6. The number of rotatable bonds is 6. The van der Waals surface area contributed by atoms with E-state index in [0.29, 0.717) is 6.42 Å². The standard InChI is InChI=1S/C20H27INO5/c1-13-6-8-14(9-7-13)16(21)18(24)27-11-10-26-17(23)15-12-19(2,3)22(25)20(15,4)5/h6-9,15-16H,10-12H2,1-5H3. The number of hydroxylamine groups is 2. The Morgan fingerprint density at radius 1 is 1.15 bits per heavy atom. The molecular formula is C20H27INO5. The van der Waals surface area contributed by atoms with Crippen LogP contribution in [0.1, 0.15) is 49.2 Å². The number of nitrogens with zero attached hydrogens (tertiary/aromatic N) is 1. The van der Waals surface area contributed by atoms with Crippen LogP contribution in [0.3, 0.4) is 0 Å². The van der Waals surface area contributed by atoms with Crippen LogP contribution in [0.25, 0.3) is 0 Å². The molecule has 2 unspecified atom stereocenters. The minimum atomic E-state index is -0.823. The Morgan fingerprint density at radius 2 is 1.70 bits per heavy atom. The highest BCUT2D eigenvalue weighted by Gasteiger charge is 2.55. The van der Waals surface area contributed by atoms with Crippen LogP contribution in [-0.2, 0) is 24.3 Å². The van der Waals surface area contributed by atoms with Crippen molar-refractivity contribution in [2.75, 3.05) is 13.2 Å². The monoisotopic (exact) mass is 488 g/mol. The molecule has 2 atom stereocenters. The van der Waals surface area contributed by atoms with Gasteiger partial charge in [0.2, 0.25) is 0 Å². The summed E-state index contributed by atoms with van der Waals surface area (Å²) in [5.74, 6) is -1.30. The van der Waals surface area contributed by atoms with Crippen molar-refractivity contribution >= 4 is 34.5 Å². The van der Waals surface area contributed by atoms with Crippen LogP contribution in [-0.4, -0.2) is 41.3 Å². The fraction of sp³-hybridized carbons (Fsp3) is 0.600. The van der Waals surface area contributed by atoms with E-state index in [2.05, 4.69) is 0 Å². The molecule has 6 nitrogen and oxygen atoms in total. The van der Waals surface area contributed by atoms with Gasteiger partial charge in [-0.3, -0.25) is 9.59 Å². The lowest BCUT2D eigenvalue weighted by atomic mass is 9.87. The summed E-state index contributed by atoms with van der Waals surface area (Å²) in [4.78, 5) is 24.5. The van der Waals surface area contributed by atoms with E-state index in [-0.39, 0.29) is 19.2 Å². The van der Waals surface area contributed by atoms with Gasteiger partial charge in [0.05, 0.1) is 11.5 Å². The Morgan fingerprint density at radius 3 is 2.22 bits per heavy atom. The van der Waals surface area contributed by atoms with Crippen LogP contribution < -0.4 is 0 Å². The first-order valence-electron chi connectivity index (χ1n) is 8.98. The number of benzene rings is 1. The number of ether oxygens (including phenoxy) is 2. The second kappa shape index (κ2) is 8.45. The van der Waals surface area contributed by atoms with Crippen LogP contribution in [0, 0.1) is 12.8 Å². The maximum absolute atomic E-state index is 12.4. The summed E-state index contributed by atoms with van der Waals surface area (Å²) in [6.45, 7) is 9.11. The molecule has 1 aliphatic rings. The third-order valence-corrected chi connectivity index (χ3v) is 6.29. The maximum Gasteiger partial charge on any atom is 0.323 e. The zero-order valence-electron chi connectivity index (χ0n) is 16.5. The summed E-state index contributed by atoms with van der Waals surface area (Å²) in [5, 5.41) is 13.3. The normalized spacial score (nSPS) is 22.3. The van der Waals surface area contributed by atoms with E-state index < -0.39 is 26.9 Å². The van der Waals surface area contributed by atoms with Crippen molar-refractivity contribution in [1.82, 2.24) is 5.06 Å². The molecule has 0 saturated carbocycles. The quantitative estimate of drug-likeness (QED) is 0.264. The van der Waals surface area contributed by atoms with Crippen molar-refractivity contribution in [2.24, 2.45) is 5.92 Å². The van der Waals surface area contributed by atoms with E-state index >= 15 is 0 Å². The van der Waals surface area contributed by atoms with Crippen molar-refractivity contribution in [3.8, 4) is 0 Å². The largest absolute Gasteiger partial charge is 0.462 e. The van der Waals surface area contributed by atoms with Crippen LogP contribution in [0.4, 0.5) is 0 Å². The van der Waals surface area contributed by atoms with Crippen molar-refractivity contribution in [2.45, 2.75) is 56.0 Å². The molecule has 0 bridgehead atoms. The van der Waals surface area contributed by atoms with Crippen LogP contribution >= 0.6 is 22.6 Å². The van der Waals surface area contributed by atoms with E-state index in [1.807, 2.05) is 67.6 Å². The number of aryl methyl sites for hydroxylation is 1. The number of carbonyl (C=O) groups is 2. The molecule has 0 amide bonds. The lowest BCUT2D eigenvalue weighted by Gasteiger charge is -2.32. The van der Waals surface area contributed by atoms with E-state index in [0.717, 1.165) is 16.2 Å². The summed E-state index contributed by atoms with van der Waals surface area (Å²) >= 11 is 2.03. The van der Waals surface area contributed by atoms with Gasteiger partial charge in [0.15, 0.2) is 0 Å².